The molecule has 0 saturated heterocycles. The molecule has 0 aromatic carbocycles. The molecule has 182 valence electrons. The molecule has 0 aromatic heterocycles. The van der Waals surface area contributed by atoms with Gasteiger partial charge in [-0.1, -0.05) is 0 Å². The molecular formula is C8HF16IO4S. The van der Waals surface area contributed by atoms with Crippen molar-refractivity contribution in [2.45, 2.75) is 45.1 Å². The van der Waals surface area contributed by atoms with E-state index in [0.717, 1.165) is 0 Å². The van der Waals surface area contributed by atoms with Crippen molar-refractivity contribution in [1.82, 2.24) is 0 Å². The Morgan fingerprint density at radius 2 is 0.867 bits per heavy atom. The van der Waals surface area contributed by atoms with Crippen LogP contribution in [0, 0.1) is 0 Å². The van der Waals surface area contributed by atoms with Gasteiger partial charge in [0.25, 0.3) is 0 Å². The molecule has 0 bridgehead atoms. The molecule has 0 aliphatic carbocycles. The molecule has 0 aromatic rings. The van der Waals surface area contributed by atoms with Crippen LogP contribution in [0.25, 0.3) is 0 Å². The summed E-state index contributed by atoms with van der Waals surface area (Å²) in [6.45, 7) is 0. The lowest BCUT2D eigenvalue weighted by Crippen LogP contribution is -2.71. The molecule has 22 heteroatoms. The topological polar surface area (TPSA) is 63.6 Å². The van der Waals surface area contributed by atoms with Gasteiger partial charge in [0.1, 0.15) is 0 Å². The number of hydrogen-bond acceptors (Lipinski definition) is 3. The quantitative estimate of drug-likeness (QED) is 0.165. The minimum absolute atomic E-state index is 0.999. The molecule has 0 rings (SSSR count). The molecule has 4 nitrogen and oxygen atoms in total. The van der Waals surface area contributed by atoms with Crippen molar-refractivity contribution in [3.05, 3.63) is 0 Å². The highest BCUT2D eigenvalue weighted by Gasteiger charge is 2.91. The molecule has 0 unspecified atom stereocenters. The fourth-order valence-electron chi connectivity index (χ4n) is 1.19. The van der Waals surface area contributed by atoms with E-state index in [4.69, 9.17) is 4.55 Å². The summed E-state index contributed by atoms with van der Waals surface area (Å²) in [5, 5.41) is -7.31. The Kier molecular flexibility index (Phi) is 7.12. The zero-order valence-electron chi connectivity index (χ0n) is 12.5. The molecule has 0 aliphatic heterocycles. The van der Waals surface area contributed by atoms with Crippen LogP contribution in [0.1, 0.15) is 0 Å². The summed E-state index contributed by atoms with van der Waals surface area (Å²) in [6, 6.07) is 0. The third kappa shape index (κ3) is 4.11. The standard InChI is InChI=1S/C8HF16IO4S/c9-1(10,3(13,14)5(17,18)25)2(11,12)4(15,16)6(19,20)29-7(21,22)8(23,24)30(26,27)28/h(H,26,27,28). The van der Waals surface area contributed by atoms with Crippen molar-refractivity contribution in [3.8, 4) is 0 Å². The second-order valence-corrected chi connectivity index (χ2v) is 7.74. The van der Waals surface area contributed by atoms with E-state index in [1.165, 1.54) is 4.74 Å². The van der Waals surface area contributed by atoms with E-state index in [1.54, 1.807) is 0 Å². The average Bonchev–Trinajstić information content (AvgIpc) is 2.42. The zero-order chi connectivity index (χ0) is 25.2. The molecule has 0 fully saturated rings. The van der Waals surface area contributed by atoms with Crippen LogP contribution in [0.15, 0.2) is 0 Å². The van der Waals surface area contributed by atoms with Crippen LogP contribution in [0.3, 0.4) is 0 Å². The van der Waals surface area contributed by atoms with Gasteiger partial charge in [-0.2, -0.15) is 78.7 Å². The molecule has 0 saturated carbocycles. The van der Waals surface area contributed by atoms with E-state index in [-0.39, 0.29) is 0 Å². The van der Waals surface area contributed by atoms with Crippen LogP contribution in [0.2, 0.25) is 0 Å². The largest absolute Gasteiger partial charge is 0.460 e. The summed E-state index contributed by atoms with van der Waals surface area (Å²) in [5.74, 6) is -32.6. The molecule has 0 aliphatic rings. The molecular weight excluding hydrogens is 623 g/mol. The van der Waals surface area contributed by atoms with Gasteiger partial charge >= 0.3 is 55.2 Å². The van der Waals surface area contributed by atoms with E-state index >= 15 is 0 Å². The Labute approximate surface area is 166 Å². The summed E-state index contributed by atoms with van der Waals surface area (Å²) in [6.07, 6.45) is -15.7. The first kappa shape index (κ1) is 29.5. The van der Waals surface area contributed by atoms with Crippen LogP contribution < -0.4 is 0 Å². The minimum atomic E-state index is -8.43. The lowest BCUT2D eigenvalue weighted by molar-refractivity contribution is -0.497. The van der Waals surface area contributed by atoms with Gasteiger partial charge < -0.3 is 0 Å². The predicted molar refractivity (Wildman–Crippen MR) is 66.2 cm³/mol. The highest BCUT2D eigenvalue weighted by molar-refractivity contribution is 14.1. The Balaban J connectivity index is 6.53. The van der Waals surface area contributed by atoms with Crippen LogP contribution in [0.5, 0.6) is 0 Å². The fraction of sp³-hybridized carbons (Fsp3) is 1.00. The van der Waals surface area contributed by atoms with E-state index in [2.05, 4.69) is 0 Å². The number of hydrogen-bond donors (Lipinski definition) is 1. The average molecular weight is 624 g/mol. The first-order chi connectivity index (χ1) is 12.5. The lowest BCUT2D eigenvalue weighted by Gasteiger charge is -2.40. The smallest absolute Gasteiger partial charge is 0.281 e. The summed E-state index contributed by atoms with van der Waals surface area (Å²) in [7, 11) is -7.53. The third-order valence-electron chi connectivity index (χ3n) is 2.82. The van der Waals surface area contributed by atoms with Crippen molar-refractivity contribution >= 4 is 32.7 Å². The summed E-state index contributed by atoms with van der Waals surface area (Å²) < 4.78 is 229. The highest BCUT2D eigenvalue weighted by atomic mass is 127. The first-order valence-electron chi connectivity index (χ1n) is 5.84. The Morgan fingerprint density at radius 3 is 1.13 bits per heavy atom. The van der Waals surface area contributed by atoms with Crippen molar-refractivity contribution in [2.24, 2.45) is 0 Å². The summed E-state index contributed by atoms with van der Waals surface area (Å²) in [5.41, 5.74) is 0. The van der Waals surface area contributed by atoms with Crippen LogP contribution >= 0.6 is 22.6 Å². The Bertz CT molecular complexity index is 756. The fourth-order valence-corrected chi connectivity index (χ4v) is 1.87. The van der Waals surface area contributed by atoms with Crippen molar-refractivity contribution < 1.29 is 88.0 Å². The van der Waals surface area contributed by atoms with Gasteiger partial charge in [0.15, 0.2) is 0 Å². The zero-order valence-corrected chi connectivity index (χ0v) is 15.5. The second-order valence-electron chi connectivity index (χ2n) is 4.92. The Hall–Kier alpha value is -0.520. The molecule has 0 spiro atoms. The van der Waals surface area contributed by atoms with Crippen molar-refractivity contribution in [3.63, 3.8) is 0 Å². The van der Waals surface area contributed by atoms with E-state index < -0.39 is 77.8 Å². The molecule has 0 radical (unpaired) electrons. The van der Waals surface area contributed by atoms with Crippen LogP contribution in [-0.4, -0.2) is 58.1 Å². The first-order valence-corrected chi connectivity index (χ1v) is 8.36. The van der Waals surface area contributed by atoms with Crippen LogP contribution in [0.4, 0.5) is 70.2 Å². The molecule has 30 heavy (non-hydrogen) atoms. The van der Waals surface area contributed by atoms with E-state index in [9.17, 15) is 78.7 Å². The van der Waals surface area contributed by atoms with Gasteiger partial charge in [-0.25, -0.2) is 4.74 Å². The second kappa shape index (κ2) is 7.25. The predicted octanol–water partition coefficient (Wildman–Crippen LogP) is 5.24. The monoisotopic (exact) mass is 624 g/mol. The highest BCUT2D eigenvalue weighted by Crippen LogP contribution is 2.62. The van der Waals surface area contributed by atoms with Crippen molar-refractivity contribution in [1.29, 1.82) is 0 Å². The van der Waals surface area contributed by atoms with Crippen molar-refractivity contribution in [2.75, 3.05) is 0 Å². The van der Waals surface area contributed by atoms with Gasteiger partial charge in [0.2, 0.25) is 0 Å². The lowest BCUT2D eigenvalue weighted by atomic mass is 9.98. The molecule has 0 heterocycles. The SMILES string of the molecule is O=S(=O)(O)C(F)(F)C(F)(F)OC(F)(F)C(F)(F)C(F)(F)C(F)(F)C(F)(F)C(F)(F)I. The number of halogens is 17. The van der Waals surface area contributed by atoms with Crippen LogP contribution in [-0.2, 0) is 14.9 Å². The maximum absolute atomic E-state index is 13.1. The molecule has 0 atom stereocenters. The number of rotatable bonds is 9. The molecule has 1 N–H and O–H groups in total. The van der Waals surface area contributed by atoms with Gasteiger partial charge in [-0.3, -0.25) is 4.55 Å². The Morgan fingerprint density at radius 1 is 0.567 bits per heavy atom. The van der Waals surface area contributed by atoms with Gasteiger partial charge in [-0.15, -0.1) is 0 Å². The van der Waals surface area contributed by atoms with E-state index in [0.29, 0.717) is 0 Å². The number of alkyl halides is 17. The minimum Gasteiger partial charge on any atom is -0.281 e. The maximum Gasteiger partial charge on any atom is 0.460 e. The summed E-state index contributed by atoms with van der Waals surface area (Å²) >= 11 is -0.999. The number of ether oxygens (including phenoxy) is 1. The van der Waals surface area contributed by atoms with Gasteiger partial charge in [0, 0.05) is 22.6 Å². The maximum atomic E-state index is 13.1. The normalized spacial score (nSPS) is 16.7. The van der Waals surface area contributed by atoms with Gasteiger partial charge in [-0.05, 0) is 0 Å². The van der Waals surface area contributed by atoms with E-state index in [1.807, 2.05) is 0 Å². The van der Waals surface area contributed by atoms with Gasteiger partial charge in [0.05, 0.1) is 0 Å². The molecule has 0 amide bonds. The summed E-state index contributed by atoms with van der Waals surface area (Å²) in [4.78, 5) is 0. The third-order valence-corrected chi connectivity index (χ3v) is 4.39.